The predicted octanol–water partition coefficient (Wildman–Crippen LogP) is 4.26. The molecule has 0 radical (unpaired) electrons. The molecule has 0 N–H and O–H groups in total. The zero-order valence-corrected chi connectivity index (χ0v) is 11.4. The van der Waals surface area contributed by atoms with Gasteiger partial charge in [0.25, 0.3) is 0 Å². The molecule has 1 aliphatic carbocycles. The van der Waals surface area contributed by atoms with Crippen molar-refractivity contribution in [1.29, 1.82) is 0 Å². The molecule has 18 heavy (non-hydrogen) atoms. The van der Waals surface area contributed by atoms with Gasteiger partial charge in [-0.05, 0) is 30.4 Å². The van der Waals surface area contributed by atoms with Crippen molar-refractivity contribution in [3.63, 3.8) is 0 Å². The van der Waals surface area contributed by atoms with Crippen molar-refractivity contribution in [3.05, 3.63) is 29.8 Å². The van der Waals surface area contributed by atoms with Crippen LogP contribution in [0.1, 0.15) is 56.9 Å². The Labute approximate surface area is 109 Å². The van der Waals surface area contributed by atoms with Gasteiger partial charge in [0.2, 0.25) is 0 Å². The molecule has 100 valence electrons. The molecule has 0 aliphatic heterocycles. The summed E-state index contributed by atoms with van der Waals surface area (Å²) in [6.07, 6.45) is 6.92. The van der Waals surface area contributed by atoms with Gasteiger partial charge in [0.05, 0.1) is 6.20 Å². The molecule has 1 fully saturated rings. The summed E-state index contributed by atoms with van der Waals surface area (Å²) in [5, 5.41) is 0. The fourth-order valence-corrected chi connectivity index (χ4v) is 2.32. The third kappa shape index (κ3) is 5.39. The first-order chi connectivity index (χ1) is 8.49. The molecule has 0 amide bonds. The molecular weight excluding hydrogens is 229 g/mol. The Balaban J connectivity index is 0.000000184. The summed E-state index contributed by atoms with van der Waals surface area (Å²) in [7, 11) is 0. The third-order valence-corrected chi connectivity index (χ3v) is 3.29. The molecule has 1 unspecified atom stereocenters. The molecule has 1 aromatic rings. The van der Waals surface area contributed by atoms with Gasteiger partial charge in [-0.1, -0.05) is 33.1 Å². The number of hydrogen-bond donors (Lipinski definition) is 0. The van der Waals surface area contributed by atoms with E-state index in [1.54, 1.807) is 0 Å². The van der Waals surface area contributed by atoms with E-state index in [-0.39, 0.29) is 5.78 Å². The van der Waals surface area contributed by atoms with E-state index in [0.717, 1.165) is 18.0 Å². The van der Waals surface area contributed by atoms with Gasteiger partial charge in [-0.15, -0.1) is 0 Å². The van der Waals surface area contributed by atoms with Gasteiger partial charge in [-0.3, -0.25) is 9.78 Å². The molecule has 1 aliphatic rings. The summed E-state index contributed by atoms with van der Waals surface area (Å²) in [5.74, 6) is 1.45. The zero-order chi connectivity index (χ0) is 13.5. The van der Waals surface area contributed by atoms with Crippen molar-refractivity contribution >= 4 is 5.78 Å². The lowest BCUT2D eigenvalue weighted by molar-refractivity contribution is 0.101. The minimum Gasteiger partial charge on any atom is -0.293 e. The van der Waals surface area contributed by atoms with Crippen LogP contribution >= 0.6 is 0 Å². The molecule has 2 nitrogen and oxygen atoms in total. The Hall–Kier alpha value is -1.25. The van der Waals surface area contributed by atoms with E-state index in [0.29, 0.717) is 5.69 Å². The smallest absolute Gasteiger partial charge is 0.178 e. The SMILES string of the molecule is CC(=O)c1ccc(F)cn1.CC1CCC[C@@H](C)C1. The average molecular weight is 251 g/mol. The first-order valence-electron chi connectivity index (χ1n) is 6.61. The number of hydrogen-bond acceptors (Lipinski definition) is 2. The summed E-state index contributed by atoms with van der Waals surface area (Å²) in [5.41, 5.74) is 0.293. The van der Waals surface area contributed by atoms with E-state index < -0.39 is 5.82 Å². The Morgan fingerprint density at radius 2 is 1.89 bits per heavy atom. The van der Waals surface area contributed by atoms with Gasteiger partial charge in [0.1, 0.15) is 11.5 Å². The van der Waals surface area contributed by atoms with Gasteiger partial charge in [0.15, 0.2) is 5.78 Å². The molecule has 3 heteroatoms. The predicted molar refractivity (Wildman–Crippen MR) is 71.0 cm³/mol. The molecular formula is C15H22FNO. The molecule has 0 saturated heterocycles. The lowest BCUT2D eigenvalue weighted by Gasteiger charge is -2.22. The number of rotatable bonds is 1. The average Bonchev–Trinajstić information content (AvgIpc) is 2.30. The highest BCUT2D eigenvalue weighted by molar-refractivity contribution is 5.91. The summed E-state index contributed by atoms with van der Waals surface area (Å²) in [6, 6.07) is 2.57. The molecule has 1 aromatic heterocycles. The Morgan fingerprint density at radius 1 is 1.28 bits per heavy atom. The van der Waals surface area contributed by atoms with Crippen LogP contribution < -0.4 is 0 Å². The van der Waals surface area contributed by atoms with Crippen molar-refractivity contribution in [2.75, 3.05) is 0 Å². The largest absolute Gasteiger partial charge is 0.293 e. The summed E-state index contributed by atoms with van der Waals surface area (Å²) < 4.78 is 12.2. The van der Waals surface area contributed by atoms with Gasteiger partial charge < -0.3 is 0 Å². The summed E-state index contributed by atoms with van der Waals surface area (Å²) >= 11 is 0. The van der Waals surface area contributed by atoms with Crippen LogP contribution in [0.5, 0.6) is 0 Å². The topological polar surface area (TPSA) is 30.0 Å². The van der Waals surface area contributed by atoms with Crippen molar-refractivity contribution in [2.45, 2.75) is 46.5 Å². The lowest BCUT2D eigenvalue weighted by atomic mass is 9.84. The van der Waals surface area contributed by atoms with Crippen LogP contribution in [0.4, 0.5) is 4.39 Å². The maximum atomic E-state index is 12.2. The Morgan fingerprint density at radius 3 is 2.22 bits per heavy atom. The second-order valence-corrected chi connectivity index (χ2v) is 5.29. The number of nitrogens with zero attached hydrogens (tertiary/aromatic N) is 1. The van der Waals surface area contributed by atoms with E-state index in [1.165, 1.54) is 44.7 Å². The minimum atomic E-state index is -0.426. The van der Waals surface area contributed by atoms with E-state index in [1.807, 2.05) is 0 Å². The highest BCUT2D eigenvalue weighted by Crippen LogP contribution is 2.27. The van der Waals surface area contributed by atoms with Crippen LogP contribution in [0, 0.1) is 17.7 Å². The molecule has 1 heterocycles. The number of Topliss-reactive ketones (excluding diaryl/α,β-unsaturated/α-hetero) is 1. The lowest BCUT2D eigenvalue weighted by Crippen LogP contribution is -2.09. The zero-order valence-electron chi connectivity index (χ0n) is 11.4. The maximum Gasteiger partial charge on any atom is 0.178 e. The monoisotopic (exact) mass is 251 g/mol. The van der Waals surface area contributed by atoms with Crippen LogP contribution in [0.15, 0.2) is 18.3 Å². The van der Waals surface area contributed by atoms with E-state index in [2.05, 4.69) is 18.8 Å². The number of carbonyl (C=O) groups excluding carboxylic acids is 1. The quantitative estimate of drug-likeness (QED) is 0.698. The summed E-state index contributed by atoms with van der Waals surface area (Å²) in [6.45, 7) is 6.13. The van der Waals surface area contributed by atoms with Crippen molar-refractivity contribution in [1.82, 2.24) is 4.98 Å². The highest BCUT2D eigenvalue weighted by atomic mass is 19.1. The van der Waals surface area contributed by atoms with Gasteiger partial charge in [-0.2, -0.15) is 0 Å². The third-order valence-electron chi connectivity index (χ3n) is 3.29. The van der Waals surface area contributed by atoms with E-state index in [4.69, 9.17) is 0 Å². The fourth-order valence-electron chi connectivity index (χ4n) is 2.32. The van der Waals surface area contributed by atoms with Crippen molar-refractivity contribution in [3.8, 4) is 0 Å². The standard InChI is InChI=1S/C8H16.C7H6FNO/c1-7-4-3-5-8(2)6-7;1-5(10)7-3-2-6(8)4-9-7/h7-8H,3-6H2,1-2H3;2-4H,1H3/t7-,8?;/m1./s1. The van der Waals surface area contributed by atoms with Crippen LogP contribution in [-0.2, 0) is 0 Å². The molecule has 0 bridgehead atoms. The van der Waals surface area contributed by atoms with E-state index >= 15 is 0 Å². The number of halogens is 1. The van der Waals surface area contributed by atoms with Gasteiger partial charge >= 0.3 is 0 Å². The van der Waals surface area contributed by atoms with Crippen LogP contribution in [-0.4, -0.2) is 10.8 Å². The van der Waals surface area contributed by atoms with Gasteiger partial charge in [-0.25, -0.2) is 4.39 Å². The number of aromatic nitrogens is 1. The molecule has 0 spiro atoms. The minimum absolute atomic E-state index is 0.153. The molecule has 0 aromatic carbocycles. The second kappa shape index (κ2) is 7.24. The Bertz CT molecular complexity index is 367. The molecule has 2 rings (SSSR count). The molecule has 1 saturated carbocycles. The van der Waals surface area contributed by atoms with Crippen molar-refractivity contribution < 1.29 is 9.18 Å². The van der Waals surface area contributed by atoms with Crippen molar-refractivity contribution in [2.24, 2.45) is 11.8 Å². The normalized spacial score (nSPS) is 22.9. The van der Waals surface area contributed by atoms with Crippen LogP contribution in [0.2, 0.25) is 0 Å². The first-order valence-corrected chi connectivity index (χ1v) is 6.61. The number of pyridine rings is 1. The highest BCUT2D eigenvalue weighted by Gasteiger charge is 2.13. The fraction of sp³-hybridized carbons (Fsp3) is 0.600. The Kier molecular flexibility index (Phi) is 5.96. The molecule has 2 atom stereocenters. The van der Waals surface area contributed by atoms with Crippen LogP contribution in [0.3, 0.4) is 0 Å². The summed E-state index contributed by atoms with van der Waals surface area (Å²) in [4.78, 5) is 14.1. The van der Waals surface area contributed by atoms with E-state index in [9.17, 15) is 9.18 Å². The number of ketones is 1. The number of carbonyl (C=O) groups is 1. The maximum absolute atomic E-state index is 12.2. The van der Waals surface area contributed by atoms with Gasteiger partial charge in [0, 0.05) is 6.92 Å². The second-order valence-electron chi connectivity index (χ2n) is 5.29. The van der Waals surface area contributed by atoms with Crippen LogP contribution in [0.25, 0.3) is 0 Å². The first kappa shape index (κ1) is 14.8.